The van der Waals surface area contributed by atoms with E-state index in [4.69, 9.17) is 0 Å². The monoisotopic (exact) mass is 391 g/mol. The summed E-state index contributed by atoms with van der Waals surface area (Å²) in [5, 5.41) is 6.77. The molecule has 1 saturated carbocycles. The first-order valence-electron chi connectivity index (χ1n) is 6.44. The number of halogens is 1. The van der Waals surface area contributed by atoms with Crippen molar-refractivity contribution in [2.45, 2.75) is 24.3 Å². The third kappa shape index (κ3) is 6.03. The summed E-state index contributed by atoms with van der Waals surface area (Å²) < 4.78 is 0. The Bertz CT molecular complexity index is 397. The average molecular weight is 391 g/mol. The number of rotatable bonds is 5. The highest BCUT2D eigenvalue weighted by atomic mass is 127. The molecule has 1 aromatic carbocycles. The van der Waals surface area contributed by atoms with E-state index >= 15 is 0 Å². The van der Waals surface area contributed by atoms with E-state index in [0.29, 0.717) is 6.04 Å². The Morgan fingerprint density at radius 2 is 2.05 bits per heavy atom. The summed E-state index contributed by atoms with van der Waals surface area (Å²) in [7, 11) is 1.83. The van der Waals surface area contributed by atoms with Crippen molar-refractivity contribution in [3.8, 4) is 0 Å². The predicted octanol–water partition coefficient (Wildman–Crippen LogP) is 2.97. The van der Waals surface area contributed by atoms with Gasteiger partial charge in [-0.1, -0.05) is 25.1 Å². The van der Waals surface area contributed by atoms with Gasteiger partial charge in [0.15, 0.2) is 5.96 Å². The lowest BCUT2D eigenvalue weighted by atomic mass is 10.4. The van der Waals surface area contributed by atoms with E-state index < -0.39 is 0 Å². The molecule has 1 aliphatic rings. The topological polar surface area (TPSA) is 36.4 Å². The molecule has 1 aliphatic carbocycles. The minimum Gasteiger partial charge on any atom is -0.356 e. The van der Waals surface area contributed by atoms with Gasteiger partial charge in [-0.25, -0.2) is 0 Å². The van der Waals surface area contributed by atoms with Crippen molar-refractivity contribution < 1.29 is 0 Å². The van der Waals surface area contributed by atoms with Gasteiger partial charge in [-0.3, -0.25) is 4.99 Å². The molecule has 19 heavy (non-hydrogen) atoms. The quantitative estimate of drug-likeness (QED) is 0.266. The van der Waals surface area contributed by atoms with Gasteiger partial charge < -0.3 is 10.6 Å². The van der Waals surface area contributed by atoms with Crippen LogP contribution in [0.15, 0.2) is 40.2 Å². The summed E-state index contributed by atoms with van der Waals surface area (Å²) in [4.78, 5) is 5.55. The molecule has 0 amide bonds. The van der Waals surface area contributed by atoms with E-state index in [1.165, 1.54) is 11.3 Å². The number of hydrogen-bond acceptors (Lipinski definition) is 2. The number of guanidine groups is 1. The third-order valence-electron chi connectivity index (χ3n) is 3.06. The number of hydrogen-bond donors (Lipinski definition) is 2. The summed E-state index contributed by atoms with van der Waals surface area (Å²) >= 11 is 1.86. The van der Waals surface area contributed by atoms with E-state index in [0.717, 1.165) is 24.2 Å². The number of nitrogens with zero attached hydrogens (tertiary/aromatic N) is 1. The van der Waals surface area contributed by atoms with Gasteiger partial charge in [0.2, 0.25) is 0 Å². The van der Waals surface area contributed by atoms with Crippen molar-refractivity contribution in [3.63, 3.8) is 0 Å². The first kappa shape index (κ1) is 16.6. The van der Waals surface area contributed by atoms with Crippen LogP contribution in [0.1, 0.15) is 13.3 Å². The molecule has 3 nitrogen and oxygen atoms in total. The molecule has 106 valence electrons. The second-order valence-corrected chi connectivity index (χ2v) is 5.79. The van der Waals surface area contributed by atoms with Crippen LogP contribution >= 0.6 is 35.7 Å². The molecule has 0 radical (unpaired) electrons. The van der Waals surface area contributed by atoms with E-state index in [-0.39, 0.29) is 24.0 Å². The van der Waals surface area contributed by atoms with Crippen molar-refractivity contribution in [2.24, 2.45) is 10.9 Å². The fraction of sp³-hybridized carbons (Fsp3) is 0.500. The molecule has 0 aromatic heterocycles. The Labute approximate surface area is 137 Å². The number of nitrogens with one attached hydrogen (secondary N) is 2. The van der Waals surface area contributed by atoms with Crippen LogP contribution in [-0.2, 0) is 0 Å². The van der Waals surface area contributed by atoms with Crippen molar-refractivity contribution in [1.29, 1.82) is 0 Å². The summed E-state index contributed by atoms with van der Waals surface area (Å²) in [6, 6.07) is 11.1. The summed E-state index contributed by atoms with van der Waals surface area (Å²) in [6.45, 7) is 3.19. The van der Waals surface area contributed by atoms with E-state index in [1.807, 2.05) is 24.9 Å². The first-order chi connectivity index (χ1) is 8.79. The smallest absolute Gasteiger partial charge is 0.191 e. The van der Waals surface area contributed by atoms with Gasteiger partial charge in [-0.15, -0.1) is 35.7 Å². The third-order valence-corrected chi connectivity index (χ3v) is 4.08. The van der Waals surface area contributed by atoms with Crippen LogP contribution in [0.2, 0.25) is 0 Å². The largest absolute Gasteiger partial charge is 0.356 e. The first-order valence-corrected chi connectivity index (χ1v) is 7.43. The summed E-state index contributed by atoms with van der Waals surface area (Å²) in [5.41, 5.74) is 0. The summed E-state index contributed by atoms with van der Waals surface area (Å²) in [6.07, 6.45) is 1.26. The Morgan fingerprint density at radius 3 is 2.63 bits per heavy atom. The summed E-state index contributed by atoms with van der Waals surface area (Å²) in [5.74, 6) is 2.77. The molecule has 2 atom stereocenters. The standard InChI is InChI=1S/C14H21N3S.HI/c1-11-10-13(11)17-14(15-2)16-8-9-18-12-6-4-3-5-7-12;/h3-7,11,13H,8-10H2,1-2H3,(H2,15,16,17);1H. The lowest BCUT2D eigenvalue weighted by molar-refractivity contribution is 0.775. The maximum Gasteiger partial charge on any atom is 0.191 e. The van der Waals surface area contributed by atoms with Gasteiger partial charge in [-0.2, -0.15) is 0 Å². The predicted molar refractivity (Wildman–Crippen MR) is 94.6 cm³/mol. The molecular formula is C14H22IN3S. The fourth-order valence-electron chi connectivity index (χ4n) is 1.75. The Morgan fingerprint density at radius 1 is 1.37 bits per heavy atom. The van der Waals surface area contributed by atoms with Gasteiger partial charge in [0.1, 0.15) is 0 Å². The second-order valence-electron chi connectivity index (χ2n) is 4.62. The van der Waals surface area contributed by atoms with Crippen LogP contribution < -0.4 is 10.6 Å². The minimum absolute atomic E-state index is 0. The van der Waals surface area contributed by atoms with Crippen LogP contribution in [0.25, 0.3) is 0 Å². The molecule has 0 heterocycles. The van der Waals surface area contributed by atoms with Crippen LogP contribution in [-0.4, -0.2) is 31.3 Å². The lowest BCUT2D eigenvalue weighted by Crippen LogP contribution is -2.40. The van der Waals surface area contributed by atoms with Gasteiger partial charge in [0, 0.05) is 30.3 Å². The van der Waals surface area contributed by atoms with E-state index in [9.17, 15) is 0 Å². The Hall–Kier alpha value is -0.430. The normalized spacial score (nSPS) is 21.5. The molecule has 2 N–H and O–H groups in total. The molecule has 0 aliphatic heterocycles. The molecule has 0 bridgehead atoms. The van der Waals surface area contributed by atoms with E-state index in [2.05, 4.69) is 46.8 Å². The average Bonchev–Trinajstić information content (AvgIpc) is 3.10. The van der Waals surface area contributed by atoms with Gasteiger partial charge in [-0.05, 0) is 24.5 Å². The Balaban J connectivity index is 0.00000180. The van der Waals surface area contributed by atoms with E-state index in [1.54, 1.807) is 0 Å². The molecule has 1 fully saturated rings. The van der Waals surface area contributed by atoms with Gasteiger partial charge in [0.25, 0.3) is 0 Å². The zero-order valence-electron chi connectivity index (χ0n) is 11.4. The maximum atomic E-state index is 4.23. The van der Waals surface area contributed by atoms with Crippen LogP contribution in [0.3, 0.4) is 0 Å². The van der Waals surface area contributed by atoms with Gasteiger partial charge in [0.05, 0.1) is 0 Å². The SMILES string of the molecule is CN=C(NCCSc1ccccc1)NC1CC1C.I. The van der Waals surface area contributed by atoms with Gasteiger partial charge >= 0.3 is 0 Å². The molecule has 2 rings (SSSR count). The van der Waals surface area contributed by atoms with Crippen LogP contribution in [0.4, 0.5) is 0 Å². The van der Waals surface area contributed by atoms with Crippen molar-refractivity contribution in [3.05, 3.63) is 30.3 Å². The maximum absolute atomic E-state index is 4.23. The molecule has 5 heteroatoms. The highest BCUT2D eigenvalue weighted by molar-refractivity contribution is 14.0. The second kappa shape index (κ2) is 8.68. The number of thioether (sulfide) groups is 1. The molecule has 0 saturated heterocycles. The van der Waals surface area contributed by atoms with Crippen LogP contribution in [0.5, 0.6) is 0 Å². The van der Waals surface area contributed by atoms with Crippen LogP contribution in [0, 0.1) is 5.92 Å². The number of aliphatic imine (C=N–C) groups is 1. The lowest BCUT2D eigenvalue weighted by Gasteiger charge is -2.11. The van der Waals surface area contributed by atoms with Crippen molar-refractivity contribution in [1.82, 2.24) is 10.6 Å². The molecule has 2 unspecified atom stereocenters. The number of benzene rings is 1. The molecule has 1 aromatic rings. The zero-order valence-corrected chi connectivity index (χ0v) is 14.6. The molecule has 0 spiro atoms. The highest BCUT2D eigenvalue weighted by Crippen LogP contribution is 2.28. The zero-order chi connectivity index (χ0) is 12.8. The Kier molecular flexibility index (Phi) is 7.60. The van der Waals surface area contributed by atoms with Crippen molar-refractivity contribution >= 4 is 41.7 Å². The van der Waals surface area contributed by atoms with Crippen molar-refractivity contribution in [2.75, 3.05) is 19.3 Å². The molecular weight excluding hydrogens is 369 g/mol. The fourth-order valence-corrected chi connectivity index (χ4v) is 2.54. The highest BCUT2D eigenvalue weighted by Gasteiger charge is 2.32. The minimum atomic E-state index is 0.